The number of aldehydes is 1. The minimum atomic E-state index is -1.49. The first-order valence-corrected chi connectivity index (χ1v) is 13.9. The summed E-state index contributed by atoms with van der Waals surface area (Å²) < 4.78 is 21.6. The summed E-state index contributed by atoms with van der Waals surface area (Å²) in [6.45, 7) is 6.73. The lowest BCUT2D eigenvalue weighted by Crippen LogP contribution is -2.51. The van der Waals surface area contributed by atoms with Gasteiger partial charge in [-0.15, -0.1) is 0 Å². The number of fused-ring (bicyclic) bond motifs is 1. The van der Waals surface area contributed by atoms with E-state index in [0.29, 0.717) is 13.0 Å². The average Bonchev–Trinajstić information content (AvgIpc) is 2.90. The molecule has 0 saturated heterocycles. The van der Waals surface area contributed by atoms with E-state index in [9.17, 15) is 19.2 Å². The Hall–Kier alpha value is -3.30. The Bertz CT molecular complexity index is 1090. The molecule has 0 aliphatic rings. The Balaban J connectivity index is 1.96. The Morgan fingerprint density at radius 3 is 2.38 bits per heavy atom. The minimum Gasteiger partial charge on any atom is -0.464 e. The van der Waals surface area contributed by atoms with Crippen molar-refractivity contribution in [2.45, 2.75) is 84.0 Å². The highest BCUT2D eigenvalue weighted by molar-refractivity contribution is 5.89. The summed E-state index contributed by atoms with van der Waals surface area (Å²) in [6, 6.07) is 14.7. The van der Waals surface area contributed by atoms with Gasteiger partial charge in [-0.25, -0.2) is 9.59 Å². The van der Waals surface area contributed by atoms with Crippen molar-refractivity contribution in [3.8, 4) is 0 Å². The van der Waals surface area contributed by atoms with Gasteiger partial charge in [-0.3, -0.25) is 4.79 Å². The summed E-state index contributed by atoms with van der Waals surface area (Å²) in [5.41, 5.74) is 0.414. The zero-order valence-corrected chi connectivity index (χ0v) is 24.1. The van der Waals surface area contributed by atoms with Crippen LogP contribution in [0.5, 0.6) is 0 Å². The van der Waals surface area contributed by atoms with Crippen LogP contribution in [0.15, 0.2) is 42.5 Å². The van der Waals surface area contributed by atoms with Gasteiger partial charge in [0.15, 0.2) is 12.2 Å². The second-order valence-corrected chi connectivity index (χ2v) is 10.5. The topological polar surface area (TPSA) is 117 Å². The van der Waals surface area contributed by atoms with E-state index in [1.54, 1.807) is 27.7 Å². The van der Waals surface area contributed by atoms with Gasteiger partial charge in [0.25, 0.3) is 5.91 Å². The molecule has 1 amide bonds. The number of nitrogens with one attached hydrogen (secondary N) is 1. The van der Waals surface area contributed by atoms with Gasteiger partial charge in [-0.2, -0.15) is 0 Å². The fourth-order valence-corrected chi connectivity index (χ4v) is 4.01. The Morgan fingerprint density at radius 1 is 0.925 bits per heavy atom. The molecule has 1 N–H and O–H groups in total. The number of benzene rings is 2. The minimum absolute atomic E-state index is 0.0463. The van der Waals surface area contributed by atoms with Crippen LogP contribution in [0.1, 0.15) is 65.4 Å². The van der Waals surface area contributed by atoms with Crippen molar-refractivity contribution in [1.82, 2.24) is 5.32 Å². The van der Waals surface area contributed by atoms with Crippen molar-refractivity contribution >= 4 is 34.9 Å². The lowest BCUT2D eigenvalue weighted by atomic mass is 10.0. The Kier molecular flexibility index (Phi) is 14.3. The predicted molar refractivity (Wildman–Crippen MR) is 152 cm³/mol. The first kappa shape index (κ1) is 32.9. The Labute approximate surface area is 236 Å². The molecule has 9 heteroatoms. The van der Waals surface area contributed by atoms with Crippen molar-refractivity contribution in [3.05, 3.63) is 48.0 Å². The lowest BCUT2D eigenvalue weighted by molar-refractivity contribution is -0.185. The van der Waals surface area contributed by atoms with Crippen LogP contribution in [0.25, 0.3) is 10.8 Å². The third-order valence-corrected chi connectivity index (χ3v) is 5.88. The molecule has 0 spiro atoms. The van der Waals surface area contributed by atoms with Crippen molar-refractivity contribution in [1.29, 1.82) is 0 Å². The standard InChI is InChI=1S/C31H43NO8/c1-5-37-26(34)22-39-28(30(36)40-31(2,3)4)27(38-20-12-11-19-33)29(35)32-18-10-6-7-13-23-16-17-24-14-8-9-15-25(24)21-23/h8-9,14-17,19,21,27-28H,5-7,10-13,18,20,22H2,1-4H3,(H,32,35)/t27-,28-/m1/s1. The highest BCUT2D eigenvalue weighted by atomic mass is 16.6. The average molecular weight is 558 g/mol. The zero-order valence-electron chi connectivity index (χ0n) is 24.1. The van der Waals surface area contributed by atoms with E-state index in [0.717, 1.165) is 32.0 Å². The van der Waals surface area contributed by atoms with Crippen LogP contribution in [0, 0.1) is 0 Å². The molecule has 2 aromatic carbocycles. The summed E-state index contributed by atoms with van der Waals surface area (Å²) in [6.07, 6.45) is 2.02. The predicted octanol–water partition coefficient (Wildman–Crippen LogP) is 4.32. The quantitative estimate of drug-likeness (QED) is 0.164. The molecule has 0 bridgehead atoms. The van der Waals surface area contributed by atoms with Crippen LogP contribution in [0.3, 0.4) is 0 Å². The number of ether oxygens (including phenoxy) is 4. The first-order chi connectivity index (χ1) is 19.1. The highest BCUT2D eigenvalue weighted by Gasteiger charge is 2.39. The lowest BCUT2D eigenvalue weighted by Gasteiger charge is -2.28. The van der Waals surface area contributed by atoms with Crippen molar-refractivity contribution in [3.63, 3.8) is 0 Å². The molecule has 0 saturated carbocycles. The fourth-order valence-electron chi connectivity index (χ4n) is 4.01. The van der Waals surface area contributed by atoms with Crippen molar-refractivity contribution in [2.24, 2.45) is 0 Å². The van der Waals surface area contributed by atoms with Crippen LogP contribution in [0.4, 0.5) is 0 Å². The maximum Gasteiger partial charge on any atom is 0.339 e. The smallest absolute Gasteiger partial charge is 0.339 e. The third-order valence-electron chi connectivity index (χ3n) is 5.88. The molecule has 0 unspecified atom stereocenters. The molecule has 0 fully saturated rings. The molecule has 0 heterocycles. The number of hydrogen-bond donors (Lipinski definition) is 1. The maximum atomic E-state index is 13.2. The van der Waals surface area contributed by atoms with Gasteiger partial charge in [-0.05, 0) is 69.7 Å². The highest BCUT2D eigenvalue weighted by Crippen LogP contribution is 2.18. The molecule has 0 aliphatic carbocycles. The molecule has 2 atom stereocenters. The van der Waals surface area contributed by atoms with Crippen LogP contribution >= 0.6 is 0 Å². The number of hydrogen-bond acceptors (Lipinski definition) is 8. The molecule has 2 rings (SSSR count). The van der Waals surface area contributed by atoms with E-state index >= 15 is 0 Å². The van der Waals surface area contributed by atoms with E-state index in [4.69, 9.17) is 18.9 Å². The second kappa shape index (κ2) is 17.4. The molecule has 0 aromatic heterocycles. The molecule has 0 aliphatic heterocycles. The summed E-state index contributed by atoms with van der Waals surface area (Å²) >= 11 is 0. The van der Waals surface area contributed by atoms with E-state index in [1.807, 2.05) is 12.1 Å². The number of amides is 1. The van der Waals surface area contributed by atoms with Crippen LogP contribution in [-0.4, -0.2) is 68.3 Å². The van der Waals surface area contributed by atoms with Crippen molar-refractivity contribution in [2.75, 3.05) is 26.4 Å². The monoisotopic (exact) mass is 557 g/mol. The summed E-state index contributed by atoms with van der Waals surface area (Å²) in [7, 11) is 0. The molecule has 220 valence electrons. The normalized spacial score (nSPS) is 12.9. The molecule has 40 heavy (non-hydrogen) atoms. The van der Waals surface area contributed by atoms with E-state index in [-0.39, 0.29) is 19.6 Å². The second-order valence-electron chi connectivity index (χ2n) is 10.5. The largest absolute Gasteiger partial charge is 0.464 e. The van der Waals surface area contributed by atoms with Gasteiger partial charge in [-0.1, -0.05) is 48.9 Å². The SMILES string of the molecule is CCOC(=O)CO[C@@H](C(=O)OC(C)(C)C)[C@@H](OCCCC=O)C(=O)NCCCCCc1ccc2ccccc2c1. The molecule has 2 aromatic rings. The zero-order chi connectivity index (χ0) is 29.4. The summed E-state index contributed by atoms with van der Waals surface area (Å²) in [4.78, 5) is 48.8. The third kappa shape index (κ3) is 12.3. The van der Waals surface area contributed by atoms with Gasteiger partial charge in [0, 0.05) is 19.6 Å². The first-order valence-electron chi connectivity index (χ1n) is 13.9. The molecular formula is C31H43NO8. The Morgan fingerprint density at radius 2 is 1.68 bits per heavy atom. The van der Waals surface area contributed by atoms with Gasteiger partial charge in [0.05, 0.1) is 6.61 Å². The van der Waals surface area contributed by atoms with Gasteiger partial charge >= 0.3 is 11.9 Å². The van der Waals surface area contributed by atoms with Gasteiger partial charge < -0.3 is 29.1 Å². The van der Waals surface area contributed by atoms with Crippen LogP contribution < -0.4 is 5.32 Å². The van der Waals surface area contributed by atoms with Crippen molar-refractivity contribution < 1.29 is 38.1 Å². The fraction of sp³-hybridized carbons (Fsp3) is 0.548. The summed E-state index contributed by atoms with van der Waals surface area (Å²) in [5.74, 6) is -2.06. The van der Waals surface area contributed by atoms with Gasteiger partial charge in [0.1, 0.15) is 18.5 Å². The number of carbonyl (C=O) groups is 4. The van der Waals surface area contributed by atoms with E-state index < -0.39 is 42.3 Å². The van der Waals surface area contributed by atoms with Crippen LogP contribution in [-0.2, 0) is 44.5 Å². The summed E-state index contributed by atoms with van der Waals surface area (Å²) in [5, 5.41) is 5.25. The number of carbonyl (C=O) groups excluding carboxylic acids is 4. The number of rotatable bonds is 18. The van der Waals surface area contributed by atoms with Gasteiger partial charge in [0.2, 0.25) is 0 Å². The number of aryl methyl sites for hydroxylation is 1. The number of esters is 2. The molecule has 9 nitrogen and oxygen atoms in total. The maximum absolute atomic E-state index is 13.2. The van der Waals surface area contributed by atoms with E-state index in [2.05, 4.69) is 35.6 Å². The van der Waals surface area contributed by atoms with E-state index in [1.165, 1.54) is 16.3 Å². The van der Waals surface area contributed by atoms with Crippen LogP contribution in [0.2, 0.25) is 0 Å². The molecule has 0 radical (unpaired) electrons. The molecular weight excluding hydrogens is 514 g/mol. The number of unbranched alkanes of at least 4 members (excludes halogenated alkanes) is 3.